The summed E-state index contributed by atoms with van der Waals surface area (Å²) >= 11 is 6.49. The number of anilines is 1. The predicted octanol–water partition coefficient (Wildman–Crippen LogP) is 2.35. The fourth-order valence-corrected chi connectivity index (χ4v) is 3.75. The second-order valence-electron chi connectivity index (χ2n) is 7.07. The molecule has 1 atom stereocenters. The van der Waals surface area contributed by atoms with Gasteiger partial charge >= 0.3 is 6.18 Å². The number of amides is 2. The van der Waals surface area contributed by atoms with Crippen LogP contribution in [0.3, 0.4) is 0 Å². The van der Waals surface area contributed by atoms with E-state index < -0.39 is 30.6 Å². The van der Waals surface area contributed by atoms with Gasteiger partial charge in [0.05, 0.1) is 11.9 Å². The molecule has 0 saturated carbocycles. The predicted molar refractivity (Wildman–Crippen MR) is 104 cm³/mol. The number of aryl methyl sites for hydroxylation is 1. The number of hydrogen-bond donors (Lipinski definition) is 1. The van der Waals surface area contributed by atoms with Crippen LogP contribution in [0.25, 0.3) is 5.82 Å². The van der Waals surface area contributed by atoms with Gasteiger partial charge < -0.3 is 5.32 Å². The van der Waals surface area contributed by atoms with Crippen molar-refractivity contribution in [2.75, 3.05) is 11.4 Å². The molecule has 3 heterocycles. The van der Waals surface area contributed by atoms with E-state index in [0.29, 0.717) is 18.0 Å². The van der Waals surface area contributed by atoms with Gasteiger partial charge in [-0.05, 0) is 26.2 Å². The Kier molecular flexibility index (Phi) is 6.26. The molecule has 0 spiro atoms. The lowest BCUT2D eigenvalue weighted by atomic mass is 10.1. The molecule has 31 heavy (non-hydrogen) atoms. The summed E-state index contributed by atoms with van der Waals surface area (Å²) in [7, 11) is 0. The van der Waals surface area contributed by atoms with Crippen molar-refractivity contribution in [2.24, 2.45) is 0 Å². The summed E-state index contributed by atoms with van der Waals surface area (Å²) in [5.74, 6) is -1.64. The summed E-state index contributed by atoms with van der Waals surface area (Å²) in [6, 6.07) is 0.523. The maximum Gasteiger partial charge on any atom is 0.405 e. The highest BCUT2D eigenvalue weighted by Gasteiger charge is 2.35. The molecule has 0 aliphatic carbocycles. The SMILES string of the molecule is CC(=O)N(c1c(C#N)cnn1-c1nn2c(c1Cl)CCCC2)[C@H](C)C(=O)NCC(F)(F)F. The molecule has 0 unspecified atom stereocenters. The van der Waals surface area contributed by atoms with Gasteiger partial charge in [0.2, 0.25) is 11.8 Å². The van der Waals surface area contributed by atoms with E-state index in [-0.39, 0.29) is 17.2 Å². The number of alkyl halides is 3. The van der Waals surface area contributed by atoms with Crippen LogP contribution in [0, 0.1) is 11.3 Å². The van der Waals surface area contributed by atoms with E-state index in [0.717, 1.165) is 30.4 Å². The number of carbonyl (C=O) groups is 2. The highest BCUT2D eigenvalue weighted by molar-refractivity contribution is 6.33. The summed E-state index contributed by atoms with van der Waals surface area (Å²) in [4.78, 5) is 25.7. The second-order valence-corrected chi connectivity index (χ2v) is 7.45. The first-order chi connectivity index (χ1) is 14.5. The third-order valence-corrected chi connectivity index (χ3v) is 5.26. The maximum atomic E-state index is 12.5. The molecule has 166 valence electrons. The maximum absolute atomic E-state index is 12.5. The first kappa shape index (κ1) is 22.6. The Labute approximate surface area is 180 Å². The molecule has 2 aromatic rings. The van der Waals surface area contributed by atoms with Crippen molar-refractivity contribution in [2.45, 2.75) is 51.9 Å². The van der Waals surface area contributed by atoms with Gasteiger partial charge in [0.25, 0.3) is 0 Å². The van der Waals surface area contributed by atoms with E-state index in [4.69, 9.17) is 11.6 Å². The molecule has 0 saturated heterocycles. The van der Waals surface area contributed by atoms with Gasteiger partial charge in [0, 0.05) is 13.5 Å². The third-order valence-electron chi connectivity index (χ3n) is 4.87. The van der Waals surface area contributed by atoms with E-state index in [1.807, 2.05) is 6.07 Å². The number of hydrogen-bond acceptors (Lipinski definition) is 5. The molecule has 1 N–H and O–H groups in total. The Morgan fingerprint density at radius 2 is 2.13 bits per heavy atom. The summed E-state index contributed by atoms with van der Waals surface area (Å²) < 4.78 is 40.4. The fraction of sp³-hybridized carbons (Fsp3) is 0.500. The van der Waals surface area contributed by atoms with Crippen LogP contribution in [0.15, 0.2) is 6.20 Å². The molecular weight excluding hydrogens is 439 g/mol. The van der Waals surface area contributed by atoms with Crippen molar-refractivity contribution >= 4 is 29.2 Å². The molecule has 2 aromatic heterocycles. The van der Waals surface area contributed by atoms with Crippen LogP contribution in [-0.4, -0.2) is 50.1 Å². The summed E-state index contributed by atoms with van der Waals surface area (Å²) in [5, 5.41) is 20.1. The van der Waals surface area contributed by atoms with Crippen molar-refractivity contribution in [1.82, 2.24) is 24.9 Å². The highest BCUT2D eigenvalue weighted by Crippen LogP contribution is 2.33. The zero-order valence-electron chi connectivity index (χ0n) is 16.7. The number of aromatic nitrogens is 4. The Hall–Kier alpha value is -3.07. The van der Waals surface area contributed by atoms with Gasteiger partial charge in [-0.1, -0.05) is 11.6 Å². The average Bonchev–Trinajstić information content (AvgIpc) is 3.26. The molecule has 3 rings (SSSR count). The topological polar surface area (TPSA) is 109 Å². The molecule has 0 radical (unpaired) electrons. The molecule has 0 bridgehead atoms. The third kappa shape index (κ3) is 4.51. The van der Waals surface area contributed by atoms with E-state index in [1.165, 1.54) is 17.8 Å². The molecule has 1 aliphatic rings. The van der Waals surface area contributed by atoms with Crippen LogP contribution in [-0.2, 0) is 22.6 Å². The van der Waals surface area contributed by atoms with Crippen molar-refractivity contribution in [3.8, 4) is 11.9 Å². The van der Waals surface area contributed by atoms with Gasteiger partial charge in [-0.2, -0.15) is 33.3 Å². The molecule has 1 aliphatic heterocycles. The van der Waals surface area contributed by atoms with Gasteiger partial charge in [-0.25, -0.2) is 0 Å². The van der Waals surface area contributed by atoms with Gasteiger partial charge in [-0.3, -0.25) is 19.2 Å². The Morgan fingerprint density at radius 3 is 2.71 bits per heavy atom. The molecule has 0 fully saturated rings. The number of fused-ring (bicyclic) bond motifs is 1. The standard InChI is InChI=1S/C18H19ClF3N7O2/c1-10(16(31)24-9-18(20,21)22)28(11(2)30)17-12(7-23)8-25-29(17)15-14(19)13-5-3-4-6-27(13)26-15/h8,10H,3-6,9H2,1-2H3,(H,24,31)/t10-/m1/s1. The van der Waals surface area contributed by atoms with Gasteiger partial charge in [-0.15, -0.1) is 0 Å². The van der Waals surface area contributed by atoms with Crippen molar-refractivity contribution in [3.05, 3.63) is 22.5 Å². The molecule has 2 amide bonds. The lowest BCUT2D eigenvalue weighted by molar-refractivity contribution is -0.139. The van der Waals surface area contributed by atoms with Crippen LogP contribution in [0.5, 0.6) is 0 Å². The van der Waals surface area contributed by atoms with Crippen molar-refractivity contribution in [3.63, 3.8) is 0 Å². The molecule has 9 nitrogen and oxygen atoms in total. The van der Waals surface area contributed by atoms with Crippen LogP contribution in [0.4, 0.5) is 19.0 Å². The summed E-state index contributed by atoms with van der Waals surface area (Å²) in [6.07, 6.45) is -0.897. The second kappa shape index (κ2) is 8.58. The first-order valence-electron chi connectivity index (χ1n) is 9.43. The first-order valence-corrected chi connectivity index (χ1v) is 9.81. The largest absolute Gasteiger partial charge is 0.405 e. The van der Waals surface area contributed by atoms with Gasteiger partial charge in [0.15, 0.2) is 11.6 Å². The van der Waals surface area contributed by atoms with E-state index >= 15 is 0 Å². The van der Waals surface area contributed by atoms with E-state index in [2.05, 4.69) is 10.2 Å². The van der Waals surface area contributed by atoms with E-state index in [1.54, 1.807) is 10.00 Å². The quantitative estimate of drug-likeness (QED) is 0.741. The average molecular weight is 458 g/mol. The Balaban J connectivity index is 2.05. The lowest BCUT2D eigenvalue weighted by Gasteiger charge is -2.27. The number of carbonyl (C=O) groups excluding carboxylic acids is 2. The van der Waals surface area contributed by atoms with Crippen molar-refractivity contribution < 1.29 is 22.8 Å². The zero-order valence-corrected chi connectivity index (χ0v) is 17.5. The normalized spacial score (nSPS) is 14.5. The Bertz CT molecular complexity index is 1050. The number of nitrogens with one attached hydrogen (secondary N) is 1. The van der Waals surface area contributed by atoms with Crippen LogP contribution >= 0.6 is 11.6 Å². The summed E-state index contributed by atoms with van der Waals surface area (Å²) in [5.41, 5.74) is 0.723. The van der Waals surface area contributed by atoms with Crippen LogP contribution < -0.4 is 10.2 Å². The minimum Gasteiger partial charge on any atom is -0.345 e. The van der Waals surface area contributed by atoms with Crippen LogP contribution in [0.2, 0.25) is 5.02 Å². The molecular formula is C18H19ClF3N7O2. The monoisotopic (exact) mass is 457 g/mol. The van der Waals surface area contributed by atoms with Crippen LogP contribution in [0.1, 0.15) is 37.9 Å². The molecule has 13 heteroatoms. The smallest absolute Gasteiger partial charge is 0.345 e. The summed E-state index contributed by atoms with van der Waals surface area (Å²) in [6.45, 7) is 1.48. The van der Waals surface area contributed by atoms with Crippen molar-refractivity contribution in [1.29, 1.82) is 5.26 Å². The Morgan fingerprint density at radius 1 is 1.42 bits per heavy atom. The lowest BCUT2D eigenvalue weighted by Crippen LogP contribution is -2.50. The minimum absolute atomic E-state index is 0.0623. The van der Waals surface area contributed by atoms with Gasteiger partial charge in [0.1, 0.15) is 29.2 Å². The number of rotatable bonds is 5. The number of nitrogens with zero attached hydrogens (tertiary/aromatic N) is 6. The number of nitriles is 1. The van der Waals surface area contributed by atoms with E-state index in [9.17, 15) is 28.0 Å². The fourth-order valence-electron chi connectivity index (χ4n) is 3.44. The molecule has 0 aromatic carbocycles. The minimum atomic E-state index is -4.61. The zero-order chi connectivity index (χ0) is 22.9. The highest BCUT2D eigenvalue weighted by atomic mass is 35.5. The number of halogens is 4.